The Morgan fingerprint density at radius 3 is 2.43 bits per heavy atom. The lowest BCUT2D eigenvalue weighted by Crippen LogP contribution is -2.50. The van der Waals surface area contributed by atoms with E-state index >= 15 is 0 Å². The largest absolute Gasteiger partial charge is 0.354 e. The quantitative estimate of drug-likeness (QED) is 0.736. The zero-order chi connectivity index (χ0) is 19.8. The molecule has 0 bridgehead atoms. The molecule has 1 saturated heterocycles. The van der Waals surface area contributed by atoms with Crippen molar-refractivity contribution in [2.75, 3.05) is 19.6 Å². The molecule has 1 atom stereocenters. The Morgan fingerprint density at radius 1 is 1.07 bits per heavy atom. The third-order valence-electron chi connectivity index (χ3n) is 5.34. The van der Waals surface area contributed by atoms with E-state index in [9.17, 15) is 9.18 Å². The Kier molecular flexibility index (Phi) is 7.57. The number of hydrogen-bond acceptors (Lipinski definition) is 3. The highest BCUT2D eigenvalue weighted by atomic mass is 19.1. The van der Waals surface area contributed by atoms with Gasteiger partial charge in [0.15, 0.2) is 0 Å². The van der Waals surface area contributed by atoms with E-state index in [1.54, 1.807) is 12.1 Å². The topological polar surface area (TPSA) is 44.4 Å². The fraction of sp³-hybridized carbons (Fsp3) is 0.435. The van der Waals surface area contributed by atoms with Crippen molar-refractivity contribution >= 4 is 5.91 Å². The summed E-state index contributed by atoms with van der Waals surface area (Å²) in [5.41, 5.74) is 2.37. The van der Waals surface area contributed by atoms with E-state index in [0.29, 0.717) is 19.0 Å². The van der Waals surface area contributed by atoms with Gasteiger partial charge in [-0.15, -0.1) is 0 Å². The number of halogens is 1. The molecule has 28 heavy (non-hydrogen) atoms. The minimum absolute atomic E-state index is 0.0221. The predicted molar refractivity (Wildman–Crippen MR) is 110 cm³/mol. The molecule has 2 N–H and O–H groups in total. The summed E-state index contributed by atoms with van der Waals surface area (Å²) in [5, 5.41) is 6.44. The summed E-state index contributed by atoms with van der Waals surface area (Å²) in [4.78, 5) is 14.8. The average Bonchev–Trinajstić information content (AvgIpc) is 2.71. The molecule has 1 fully saturated rings. The van der Waals surface area contributed by atoms with E-state index in [2.05, 4.69) is 39.8 Å². The Morgan fingerprint density at radius 2 is 1.75 bits per heavy atom. The van der Waals surface area contributed by atoms with Gasteiger partial charge in [0, 0.05) is 19.1 Å². The van der Waals surface area contributed by atoms with Gasteiger partial charge in [-0.1, -0.05) is 42.5 Å². The van der Waals surface area contributed by atoms with Gasteiger partial charge in [-0.25, -0.2) is 4.39 Å². The molecule has 0 aromatic heterocycles. The lowest BCUT2D eigenvalue weighted by molar-refractivity contribution is -0.123. The van der Waals surface area contributed by atoms with Crippen molar-refractivity contribution in [3.05, 3.63) is 71.5 Å². The van der Waals surface area contributed by atoms with Crippen molar-refractivity contribution in [1.82, 2.24) is 15.5 Å². The number of nitrogens with one attached hydrogen (secondary N) is 2. The van der Waals surface area contributed by atoms with Crippen LogP contribution in [0.1, 0.15) is 30.9 Å². The molecule has 2 aromatic rings. The molecule has 5 heteroatoms. The van der Waals surface area contributed by atoms with Gasteiger partial charge in [0.25, 0.3) is 0 Å². The van der Waals surface area contributed by atoms with Crippen molar-refractivity contribution in [1.29, 1.82) is 0 Å². The Balaban J connectivity index is 1.33. The van der Waals surface area contributed by atoms with Gasteiger partial charge in [-0.3, -0.25) is 9.69 Å². The van der Waals surface area contributed by atoms with Gasteiger partial charge in [0.2, 0.25) is 5.91 Å². The number of hydrogen-bond donors (Lipinski definition) is 2. The molecule has 2 aromatic carbocycles. The van der Waals surface area contributed by atoms with E-state index in [-0.39, 0.29) is 17.8 Å². The summed E-state index contributed by atoms with van der Waals surface area (Å²) in [6.07, 6.45) is 2.82. The number of carbonyl (C=O) groups excluding carboxylic acids is 1. The van der Waals surface area contributed by atoms with Crippen LogP contribution < -0.4 is 10.6 Å². The molecular weight excluding hydrogens is 353 g/mol. The number of likely N-dealkylation sites (tertiary alicyclic amines) is 1. The zero-order valence-corrected chi connectivity index (χ0v) is 16.5. The summed E-state index contributed by atoms with van der Waals surface area (Å²) >= 11 is 0. The monoisotopic (exact) mass is 383 g/mol. The molecule has 4 nitrogen and oxygen atoms in total. The molecule has 0 saturated carbocycles. The Hall–Kier alpha value is -2.24. The molecule has 0 spiro atoms. The van der Waals surface area contributed by atoms with Crippen LogP contribution >= 0.6 is 0 Å². The number of nitrogens with zero attached hydrogens (tertiary/aromatic N) is 1. The summed E-state index contributed by atoms with van der Waals surface area (Å²) < 4.78 is 12.9. The van der Waals surface area contributed by atoms with Gasteiger partial charge in [-0.2, -0.15) is 0 Å². The van der Waals surface area contributed by atoms with Crippen molar-refractivity contribution in [3.63, 3.8) is 0 Å². The fourth-order valence-electron chi connectivity index (χ4n) is 3.66. The maximum atomic E-state index is 12.9. The maximum Gasteiger partial charge on any atom is 0.236 e. The lowest BCUT2D eigenvalue weighted by atomic mass is 10.0. The van der Waals surface area contributed by atoms with Crippen molar-refractivity contribution in [2.45, 2.75) is 44.8 Å². The van der Waals surface area contributed by atoms with E-state index in [4.69, 9.17) is 0 Å². The van der Waals surface area contributed by atoms with Gasteiger partial charge in [-0.05, 0) is 62.5 Å². The summed E-state index contributed by atoms with van der Waals surface area (Å²) in [6.45, 7) is 5.57. The first-order valence-corrected chi connectivity index (χ1v) is 10.1. The van der Waals surface area contributed by atoms with Gasteiger partial charge < -0.3 is 10.6 Å². The first kappa shape index (κ1) is 20.5. The molecule has 1 heterocycles. The molecule has 1 aliphatic rings. The van der Waals surface area contributed by atoms with E-state index in [1.807, 2.05) is 13.0 Å². The first-order valence-electron chi connectivity index (χ1n) is 10.1. The molecular formula is C23H30FN3O. The Labute approximate surface area is 167 Å². The first-order chi connectivity index (χ1) is 13.6. The zero-order valence-electron chi connectivity index (χ0n) is 16.5. The predicted octanol–water partition coefficient (Wildman–Crippen LogP) is 3.13. The number of piperidine rings is 1. The Bertz CT molecular complexity index is 727. The van der Waals surface area contributed by atoms with Crippen molar-refractivity contribution in [3.8, 4) is 0 Å². The standard InChI is InChI=1S/C23H30FN3O/c1-18(23(28)25-14-11-19-7-9-21(24)10-8-19)26-22-12-15-27(16-13-22)17-20-5-3-2-4-6-20/h2-10,18,22,26H,11-17H2,1H3,(H,25,28). The smallest absolute Gasteiger partial charge is 0.236 e. The van der Waals surface area contributed by atoms with Crippen molar-refractivity contribution in [2.24, 2.45) is 0 Å². The highest BCUT2D eigenvalue weighted by Gasteiger charge is 2.22. The second kappa shape index (κ2) is 10.3. The molecule has 1 amide bonds. The lowest BCUT2D eigenvalue weighted by Gasteiger charge is -2.33. The summed E-state index contributed by atoms with van der Waals surface area (Å²) in [5.74, 6) is -0.214. The minimum atomic E-state index is -0.236. The van der Waals surface area contributed by atoms with Crippen LogP contribution in [0.2, 0.25) is 0 Å². The van der Waals surface area contributed by atoms with Crippen LogP contribution in [0.25, 0.3) is 0 Å². The van der Waals surface area contributed by atoms with Crippen LogP contribution in [0.3, 0.4) is 0 Å². The SMILES string of the molecule is CC(NC1CCN(Cc2ccccc2)CC1)C(=O)NCCc1ccc(F)cc1. The molecule has 0 aliphatic carbocycles. The van der Waals surface area contributed by atoms with Crippen LogP contribution in [0, 0.1) is 5.82 Å². The highest BCUT2D eigenvalue weighted by Crippen LogP contribution is 2.14. The number of benzene rings is 2. The van der Waals surface area contributed by atoms with Crippen LogP contribution in [0.4, 0.5) is 4.39 Å². The normalized spacial score (nSPS) is 16.6. The van der Waals surface area contributed by atoms with Crippen LogP contribution in [-0.4, -0.2) is 42.5 Å². The van der Waals surface area contributed by atoms with Gasteiger partial charge in [0.05, 0.1) is 6.04 Å². The number of carbonyl (C=O) groups is 1. The summed E-state index contributed by atoms with van der Waals surface area (Å²) in [7, 11) is 0. The third kappa shape index (κ3) is 6.43. The van der Waals surface area contributed by atoms with E-state index in [0.717, 1.165) is 38.0 Å². The molecule has 1 aliphatic heterocycles. The van der Waals surface area contributed by atoms with E-state index < -0.39 is 0 Å². The van der Waals surface area contributed by atoms with Gasteiger partial charge in [0.1, 0.15) is 5.82 Å². The molecule has 3 rings (SSSR count). The molecule has 1 unspecified atom stereocenters. The summed E-state index contributed by atoms with van der Waals surface area (Å²) in [6, 6.07) is 17.1. The van der Waals surface area contributed by atoms with Crippen LogP contribution in [0.5, 0.6) is 0 Å². The second-order valence-corrected chi connectivity index (χ2v) is 7.59. The maximum absolute atomic E-state index is 12.9. The highest BCUT2D eigenvalue weighted by molar-refractivity contribution is 5.81. The molecule has 150 valence electrons. The number of rotatable bonds is 8. The molecule has 0 radical (unpaired) electrons. The number of amides is 1. The fourth-order valence-corrected chi connectivity index (χ4v) is 3.66. The van der Waals surface area contributed by atoms with Crippen LogP contribution in [0.15, 0.2) is 54.6 Å². The third-order valence-corrected chi connectivity index (χ3v) is 5.34. The van der Waals surface area contributed by atoms with E-state index in [1.165, 1.54) is 17.7 Å². The van der Waals surface area contributed by atoms with Crippen molar-refractivity contribution < 1.29 is 9.18 Å². The van der Waals surface area contributed by atoms with Gasteiger partial charge >= 0.3 is 0 Å². The second-order valence-electron chi connectivity index (χ2n) is 7.59. The minimum Gasteiger partial charge on any atom is -0.354 e. The average molecular weight is 384 g/mol. The van der Waals surface area contributed by atoms with Crippen LogP contribution in [-0.2, 0) is 17.8 Å².